The summed E-state index contributed by atoms with van der Waals surface area (Å²) < 4.78 is 29.1. The molecule has 0 aliphatic carbocycles. The Kier molecular flexibility index (Phi) is 5.80. The van der Waals surface area contributed by atoms with Gasteiger partial charge in [0.2, 0.25) is 10.0 Å². The minimum absolute atomic E-state index is 0.279. The molecule has 1 heterocycles. The molecule has 0 fully saturated rings. The Balaban J connectivity index is 1.62. The van der Waals surface area contributed by atoms with Crippen molar-refractivity contribution in [2.24, 2.45) is 0 Å². The van der Waals surface area contributed by atoms with Gasteiger partial charge in [0.1, 0.15) is 0 Å². The van der Waals surface area contributed by atoms with Gasteiger partial charge in [-0.3, -0.25) is 4.57 Å². The Hall–Kier alpha value is -2.09. The summed E-state index contributed by atoms with van der Waals surface area (Å²) in [5.74, 6) is 0.591. The van der Waals surface area contributed by atoms with Crippen LogP contribution in [0.25, 0.3) is 5.69 Å². The van der Waals surface area contributed by atoms with E-state index >= 15 is 0 Å². The van der Waals surface area contributed by atoms with Crippen molar-refractivity contribution in [2.45, 2.75) is 23.9 Å². The Bertz CT molecular complexity index is 963. The smallest absolute Gasteiger partial charge is 0.240 e. The van der Waals surface area contributed by atoms with Crippen molar-refractivity contribution < 1.29 is 8.42 Å². The van der Waals surface area contributed by atoms with Crippen molar-refractivity contribution in [3.05, 3.63) is 72.1 Å². The molecule has 5 nitrogen and oxygen atoms in total. The fourth-order valence-electron chi connectivity index (χ4n) is 2.68. The summed E-state index contributed by atoms with van der Waals surface area (Å²) in [4.78, 5) is 4.67. The van der Waals surface area contributed by atoms with Crippen molar-refractivity contribution >= 4 is 21.8 Å². The lowest BCUT2D eigenvalue weighted by Gasteiger charge is -2.10. The second kappa shape index (κ2) is 8.07. The second-order valence-electron chi connectivity index (χ2n) is 5.99. The molecule has 1 aromatic heterocycles. The van der Waals surface area contributed by atoms with Gasteiger partial charge in [0.05, 0.1) is 4.90 Å². The zero-order valence-electron chi connectivity index (χ0n) is 14.7. The maximum Gasteiger partial charge on any atom is 0.240 e. The number of aromatic nitrogens is 2. The molecule has 1 N–H and O–H groups in total. The minimum Gasteiger partial charge on any atom is -0.295 e. The highest BCUT2D eigenvalue weighted by Crippen LogP contribution is 2.22. The maximum atomic E-state index is 12.2. The largest absolute Gasteiger partial charge is 0.295 e. The van der Waals surface area contributed by atoms with Gasteiger partial charge in [-0.1, -0.05) is 36.0 Å². The standard InChI is InChI=1S/C19H21N3O2S2/c1-15-12-16(2)14-17(13-15)22-10-8-20-19(22)25-11-9-21-26(23,24)18-6-4-3-5-7-18/h3-8,10,12-14,21H,9,11H2,1-2H3. The molecule has 0 saturated carbocycles. The first-order valence-electron chi connectivity index (χ1n) is 8.25. The average molecular weight is 388 g/mol. The van der Waals surface area contributed by atoms with Crippen LogP contribution in [0.15, 0.2) is 71.0 Å². The van der Waals surface area contributed by atoms with E-state index in [-0.39, 0.29) is 4.90 Å². The molecular weight excluding hydrogens is 366 g/mol. The van der Waals surface area contributed by atoms with Gasteiger partial charge in [0.15, 0.2) is 5.16 Å². The summed E-state index contributed by atoms with van der Waals surface area (Å²) in [5, 5.41) is 0.842. The van der Waals surface area contributed by atoms with E-state index in [4.69, 9.17) is 0 Å². The fraction of sp³-hybridized carbons (Fsp3) is 0.211. The summed E-state index contributed by atoms with van der Waals surface area (Å²) in [5.41, 5.74) is 3.45. The number of thioether (sulfide) groups is 1. The van der Waals surface area contributed by atoms with E-state index in [2.05, 4.69) is 41.8 Å². The molecule has 0 radical (unpaired) electrons. The van der Waals surface area contributed by atoms with Crippen LogP contribution in [0.5, 0.6) is 0 Å². The van der Waals surface area contributed by atoms with E-state index < -0.39 is 10.0 Å². The highest BCUT2D eigenvalue weighted by atomic mass is 32.2. The molecule has 0 bridgehead atoms. The van der Waals surface area contributed by atoms with Crippen molar-refractivity contribution in [3.63, 3.8) is 0 Å². The Morgan fingerprint density at radius 3 is 2.46 bits per heavy atom. The summed E-state index contributed by atoms with van der Waals surface area (Å²) >= 11 is 1.52. The number of hydrogen-bond donors (Lipinski definition) is 1. The third-order valence-corrected chi connectivity index (χ3v) is 6.22. The molecule has 2 aromatic carbocycles. The zero-order chi connectivity index (χ0) is 18.6. The van der Waals surface area contributed by atoms with Crippen molar-refractivity contribution in [3.8, 4) is 5.69 Å². The van der Waals surface area contributed by atoms with Gasteiger partial charge in [-0.05, 0) is 49.2 Å². The van der Waals surface area contributed by atoms with E-state index in [1.807, 2.05) is 10.8 Å². The number of sulfonamides is 1. The molecule has 0 atom stereocenters. The van der Waals surface area contributed by atoms with Crippen LogP contribution in [0, 0.1) is 13.8 Å². The van der Waals surface area contributed by atoms with Crippen LogP contribution >= 0.6 is 11.8 Å². The molecule has 26 heavy (non-hydrogen) atoms. The van der Waals surface area contributed by atoms with E-state index in [9.17, 15) is 8.42 Å². The summed E-state index contributed by atoms with van der Waals surface area (Å²) in [6, 6.07) is 14.7. The molecule has 136 valence electrons. The van der Waals surface area contributed by atoms with E-state index in [1.165, 1.54) is 22.9 Å². The number of rotatable bonds is 7. The third-order valence-electron chi connectivity index (χ3n) is 3.77. The molecule has 0 aliphatic heterocycles. The predicted octanol–water partition coefficient (Wildman–Crippen LogP) is 3.56. The molecule has 3 aromatic rings. The summed E-state index contributed by atoms with van der Waals surface area (Å²) in [7, 11) is -3.47. The SMILES string of the molecule is Cc1cc(C)cc(-n2ccnc2SCCNS(=O)(=O)c2ccccc2)c1. The van der Waals surface area contributed by atoms with Gasteiger partial charge in [-0.2, -0.15) is 0 Å². The maximum absolute atomic E-state index is 12.2. The topological polar surface area (TPSA) is 64.0 Å². The second-order valence-corrected chi connectivity index (χ2v) is 8.81. The van der Waals surface area contributed by atoms with Crippen LogP contribution in [-0.4, -0.2) is 30.3 Å². The zero-order valence-corrected chi connectivity index (χ0v) is 16.3. The molecule has 3 rings (SSSR count). The highest BCUT2D eigenvalue weighted by molar-refractivity contribution is 7.99. The molecule has 0 spiro atoms. The lowest BCUT2D eigenvalue weighted by Crippen LogP contribution is -2.26. The summed E-state index contributed by atoms with van der Waals surface area (Å²) in [6.45, 7) is 4.47. The van der Waals surface area contributed by atoms with Crippen LogP contribution < -0.4 is 4.72 Å². The lowest BCUT2D eigenvalue weighted by atomic mass is 10.1. The number of imidazole rings is 1. The first-order chi connectivity index (χ1) is 12.5. The average Bonchev–Trinajstić information content (AvgIpc) is 3.07. The fourth-order valence-corrected chi connectivity index (χ4v) is 4.69. The van der Waals surface area contributed by atoms with Gasteiger partial charge in [-0.15, -0.1) is 0 Å². The van der Waals surface area contributed by atoms with Crippen LogP contribution in [0.1, 0.15) is 11.1 Å². The first-order valence-corrected chi connectivity index (χ1v) is 10.7. The van der Waals surface area contributed by atoms with Gasteiger partial charge in [0, 0.05) is 30.4 Å². The Morgan fingerprint density at radius 2 is 1.77 bits per heavy atom. The van der Waals surface area contributed by atoms with Crippen molar-refractivity contribution in [1.29, 1.82) is 0 Å². The highest BCUT2D eigenvalue weighted by Gasteiger charge is 2.13. The first kappa shape index (κ1) is 18.7. The van der Waals surface area contributed by atoms with Crippen molar-refractivity contribution in [1.82, 2.24) is 14.3 Å². The van der Waals surface area contributed by atoms with Gasteiger partial charge < -0.3 is 0 Å². The third kappa shape index (κ3) is 4.55. The number of nitrogens with one attached hydrogen (secondary N) is 1. The number of hydrogen-bond acceptors (Lipinski definition) is 4. The van der Waals surface area contributed by atoms with Crippen molar-refractivity contribution in [2.75, 3.05) is 12.3 Å². The van der Waals surface area contributed by atoms with E-state index in [1.54, 1.807) is 36.5 Å². The molecule has 0 unspecified atom stereocenters. The van der Waals surface area contributed by atoms with E-state index in [0.717, 1.165) is 10.8 Å². The van der Waals surface area contributed by atoms with Crippen LogP contribution in [0.3, 0.4) is 0 Å². The lowest BCUT2D eigenvalue weighted by molar-refractivity contribution is 0.584. The molecule has 0 saturated heterocycles. The quantitative estimate of drug-likeness (QED) is 0.497. The van der Waals surface area contributed by atoms with Crippen LogP contribution in [0.2, 0.25) is 0 Å². The predicted molar refractivity (Wildman–Crippen MR) is 105 cm³/mol. The number of aryl methyl sites for hydroxylation is 2. The Morgan fingerprint density at radius 1 is 1.08 bits per heavy atom. The normalized spacial score (nSPS) is 11.6. The van der Waals surface area contributed by atoms with E-state index in [0.29, 0.717) is 12.3 Å². The number of benzene rings is 2. The monoisotopic (exact) mass is 387 g/mol. The number of nitrogens with zero attached hydrogens (tertiary/aromatic N) is 2. The minimum atomic E-state index is -3.47. The Labute approximate surface area is 158 Å². The van der Waals surface area contributed by atoms with Gasteiger partial charge in [-0.25, -0.2) is 18.1 Å². The van der Waals surface area contributed by atoms with Crippen LogP contribution in [0.4, 0.5) is 0 Å². The molecular formula is C19H21N3O2S2. The molecule has 0 amide bonds. The molecule has 7 heteroatoms. The molecule has 0 aliphatic rings. The van der Waals surface area contributed by atoms with Gasteiger partial charge >= 0.3 is 0 Å². The van der Waals surface area contributed by atoms with Gasteiger partial charge in [0.25, 0.3) is 0 Å². The van der Waals surface area contributed by atoms with Crippen LogP contribution in [-0.2, 0) is 10.0 Å². The summed E-state index contributed by atoms with van der Waals surface area (Å²) in [6.07, 6.45) is 3.68.